The summed E-state index contributed by atoms with van der Waals surface area (Å²) in [6, 6.07) is 11.0. The van der Waals surface area contributed by atoms with Gasteiger partial charge in [-0.2, -0.15) is 0 Å². The third-order valence-electron chi connectivity index (χ3n) is 5.44. The van der Waals surface area contributed by atoms with Crippen molar-refractivity contribution in [3.05, 3.63) is 35.9 Å². The van der Waals surface area contributed by atoms with Gasteiger partial charge in [-0.3, -0.25) is 4.79 Å². The van der Waals surface area contributed by atoms with Crippen LogP contribution in [0.2, 0.25) is 0 Å². The van der Waals surface area contributed by atoms with Crippen LogP contribution in [0.25, 0.3) is 0 Å². The minimum absolute atomic E-state index is 0.0153. The number of nitrogens with one attached hydrogen (secondary N) is 3. The Morgan fingerprint density at radius 3 is 2.76 bits per heavy atom. The molecule has 25 heavy (non-hydrogen) atoms. The van der Waals surface area contributed by atoms with Gasteiger partial charge in [-0.15, -0.1) is 0 Å². The normalized spacial score (nSPS) is 24.0. The zero-order chi connectivity index (χ0) is 17.5. The van der Waals surface area contributed by atoms with Gasteiger partial charge in [0.25, 0.3) is 0 Å². The van der Waals surface area contributed by atoms with E-state index in [9.17, 15) is 4.79 Å². The highest BCUT2D eigenvalue weighted by Crippen LogP contribution is 2.31. The summed E-state index contributed by atoms with van der Waals surface area (Å²) in [5.74, 6) is 0.114. The molecule has 1 saturated carbocycles. The lowest BCUT2D eigenvalue weighted by atomic mass is 9.94. The molecule has 0 bridgehead atoms. The Bertz CT molecular complexity index is 537. The summed E-state index contributed by atoms with van der Waals surface area (Å²) in [5.41, 5.74) is 1.31. The van der Waals surface area contributed by atoms with Gasteiger partial charge in [0.1, 0.15) is 0 Å². The van der Waals surface area contributed by atoms with E-state index in [1.54, 1.807) is 0 Å². The van der Waals surface area contributed by atoms with Gasteiger partial charge in [-0.1, -0.05) is 43.2 Å². The first-order chi connectivity index (χ1) is 12.2. The maximum atomic E-state index is 12.3. The quantitative estimate of drug-likeness (QED) is 0.709. The molecule has 2 fully saturated rings. The summed E-state index contributed by atoms with van der Waals surface area (Å²) in [5, 5.41) is 10.3. The molecule has 1 saturated heterocycles. The second-order valence-electron chi connectivity index (χ2n) is 7.47. The number of carbonyl (C=O) groups excluding carboxylic acids is 1. The average Bonchev–Trinajstić information content (AvgIpc) is 3.10. The second kappa shape index (κ2) is 8.79. The molecule has 1 aromatic rings. The van der Waals surface area contributed by atoms with Crippen molar-refractivity contribution in [1.29, 1.82) is 0 Å². The van der Waals surface area contributed by atoms with E-state index in [4.69, 9.17) is 4.74 Å². The molecule has 3 N–H and O–H groups in total. The minimum Gasteiger partial charge on any atom is -0.378 e. The number of hydrogen-bond donors (Lipinski definition) is 3. The van der Waals surface area contributed by atoms with Crippen LogP contribution in [-0.2, 0) is 9.53 Å². The maximum absolute atomic E-state index is 12.3. The molecule has 5 nitrogen and oxygen atoms in total. The molecule has 0 aromatic heterocycles. The molecule has 1 aliphatic heterocycles. The van der Waals surface area contributed by atoms with Crippen LogP contribution in [0.3, 0.4) is 0 Å². The van der Waals surface area contributed by atoms with Gasteiger partial charge < -0.3 is 20.7 Å². The number of carbonyl (C=O) groups is 1. The largest absolute Gasteiger partial charge is 0.378 e. The molecule has 0 spiro atoms. The number of morpholine rings is 1. The van der Waals surface area contributed by atoms with Crippen molar-refractivity contribution in [3.8, 4) is 0 Å². The molecule has 2 aliphatic rings. The highest BCUT2D eigenvalue weighted by Gasteiger charge is 2.35. The van der Waals surface area contributed by atoms with E-state index >= 15 is 0 Å². The smallest absolute Gasteiger partial charge is 0.221 e. The van der Waals surface area contributed by atoms with E-state index < -0.39 is 0 Å². The van der Waals surface area contributed by atoms with Crippen molar-refractivity contribution in [2.24, 2.45) is 0 Å². The van der Waals surface area contributed by atoms with Crippen LogP contribution < -0.4 is 16.0 Å². The van der Waals surface area contributed by atoms with E-state index in [1.807, 2.05) is 6.07 Å². The summed E-state index contributed by atoms with van der Waals surface area (Å²) < 4.78 is 5.43. The van der Waals surface area contributed by atoms with Crippen molar-refractivity contribution < 1.29 is 9.53 Å². The van der Waals surface area contributed by atoms with Crippen LogP contribution in [-0.4, -0.2) is 43.8 Å². The second-order valence-corrected chi connectivity index (χ2v) is 7.47. The summed E-state index contributed by atoms with van der Waals surface area (Å²) in [4.78, 5) is 12.3. The lowest BCUT2D eigenvalue weighted by Gasteiger charge is -2.34. The highest BCUT2D eigenvalue weighted by atomic mass is 16.5. The average molecular weight is 345 g/mol. The first kappa shape index (κ1) is 18.4. The van der Waals surface area contributed by atoms with Crippen LogP contribution >= 0.6 is 0 Å². The molecule has 1 heterocycles. The first-order valence-corrected chi connectivity index (χ1v) is 9.57. The maximum Gasteiger partial charge on any atom is 0.221 e. The van der Waals surface area contributed by atoms with Crippen molar-refractivity contribution in [2.45, 2.75) is 56.7 Å². The monoisotopic (exact) mass is 345 g/mol. The standard InChI is InChI=1S/C20H31N3O2/c1-16(17-7-3-2-4-8-17)23-20(9-5-6-10-20)15-22-19(24)13-18-14-25-12-11-21-18/h2-4,7-8,16,18,21,23H,5-6,9-15H2,1H3,(H,22,24). The van der Waals surface area contributed by atoms with Crippen LogP contribution in [0.4, 0.5) is 0 Å². The molecule has 1 aromatic carbocycles. The van der Waals surface area contributed by atoms with Crippen molar-refractivity contribution in [1.82, 2.24) is 16.0 Å². The van der Waals surface area contributed by atoms with Crippen LogP contribution in [0.1, 0.15) is 50.6 Å². The van der Waals surface area contributed by atoms with E-state index in [1.165, 1.54) is 18.4 Å². The molecule has 5 heteroatoms. The number of rotatable bonds is 7. The summed E-state index contributed by atoms with van der Waals surface area (Å²) >= 11 is 0. The van der Waals surface area contributed by atoms with Gasteiger partial charge in [0.2, 0.25) is 5.91 Å². The van der Waals surface area contributed by atoms with Gasteiger partial charge >= 0.3 is 0 Å². The molecule has 138 valence electrons. The Hall–Kier alpha value is -1.43. The molecular weight excluding hydrogens is 314 g/mol. The van der Waals surface area contributed by atoms with E-state index in [0.717, 1.165) is 26.0 Å². The van der Waals surface area contributed by atoms with Gasteiger partial charge in [0.05, 0.1) is 13.2 Å². The van der Waals surface area contributed by atoms with Gasteiger partial charge in [0, 0.05) is 37.1 Å². The fraction of sp³-hybridized carbons (Fsp3) is 0.650. The number of benzene rings is 1. The fourth-order valence-corrected chi connectivity index (χ4v) is 4.02. The van der Waals surface area contributed by atoms with E-state index in [-0.39, 0.29) is 23.5 Å². The highest BCUT2D eigenvalue weighted by molar-refractivity contribution is 5.76. The zero-order valence-electron chi connectivity index (χ0n) is 15.2. The Morgan fingerprint density at radius 1 is 1.32 bits per heavy atom. The van der Waals surface area contributed by atoms with Crippen LogP contribution in [0.15, 0.2) is 30.3 Å². The number of ether oxygens (including phenoxy) is 1. The Labute approximate surface area is 150 Å². The third kappa shape index (κ3) is 5.27. The molecule has 0 radical (unpaired) electrons. The Kier molecular flexibility index (Phi) is 6.45. The summed E-state index contributed by atoms with van der Waals surface area (Å²) in [6.07, 6.45) is 5.18. The van der Waals surface area contributed by atoms with Gasteiger partial charge in [-0.05, 0) is 25.3 Å². The predicted octanol–water partition coefficient (Wildman–Crippen LogP) is 2.14. The van der Waals surface area contributed by atoms with Crippen molar-refractivity contribution >= 4 is 5.91 Å². The van der Waals surface area contributed by atoms with Crippen molar-refractivity contribution in [2.75, 3.05) is 26.3 Å². The fourth-order valence-electron chi connectivity index (χ4n) is 4.02. The van der Waals surface area contributed by atoms with E-state index in [2.05, 4.69) is 47.1 Å². The summed E-state index contributed by atoms with van der Waals surface area (Å²) in [7, 11) is 0. The Balaban J connectivity index is 1.52. The molecular formula is C20H31N3O2. The van der Waals surface area contributed by atoms with Crippen molar-refractivity contribution in [3.63, 3.8) is 0 Å². The predicted molar refractivity (Wildman–Crippen MR) is 99.4 cm³/mol. The summed E-state index contributed by atoms with van der Waals surface area (Å²) in [6.45, 7) is 5.11. The van der Waals surface area contributed by atoms with Crippen LogP contribution in [0, 0.1) is 0 Å². The SMILES string of the molecule is CC(NC1(CNC(=O)CC2COCCN2)CCCC1)c1ccccc1. The first-order valence-electron chi connectivity index (χ1n) is 9.57. The van der Waals surface area contributed by atoms with Gasteiger partial charge in [-0.25, -0.2) is 0 Å². The molecule has 2 atom stereocenters. The number of amides is 1. The number of hydrogen-bond acceptors (Lipinski definition) is 4. The molecule has 2 unspecified atom stereocenters. The zero-order valence-corrected chi connectivity index (χ0v) is 15.2. The molecule has 3 rings (SSSR count). The Morgan fingerprint density at radius 2 is 2.08 bits per heavy atom. The molecule has 1 amide bonds. The third-order valence-corrected chi connectivity index (χ3v) is 5.44. The van der Waals surface area contributed by atoms with Gasteiger partial charge in [0.15, 0.2) is 0 Å². The van der Waals surface area contributed by atoms with E-state index in [0.29, 0.717) is 19.6 Å². The minimum atomic E-state index is 0.0153. The lowest BCUT2D eigenvalue weighted by molar-refractivity contribution is -0.122. The van der Waals surface area contributed by atoms with Crippen LogP contribution in [0.5, 0.6) is 0 Å². The molecule has 1 aliphatic carbocycles. The lowest BCUT2D eigenvalue weighted by Crippen LogP contribution is -2.53. The topological polar surface area (TPSA) is 62.4 Å².